The number of hydrogen-bond acceptors (Lipinski definition) is 4. The van der Waals surface area contributed by atoms with Gasteiger partial charge in [0, 0.05) is 43.0 Å². The number of hydrogen-bond donors (Lipinski definition) is 1. The van der Waals surface area contributed by atoms with Gasteiger partial charge in [-0.3, -0.25) is 0 Å². The average Bonchev–Trinajstić information content (AvgIpc) is 2.95. The number of methoxy groups -OCH3 is 2. The fourth-order valence-electron chi connectivity index (χ4n) is 3.17. The predicted molar refractivity (Wildman–Crippen MR) is 87.6 cm³/mol. The summed E-state index contributed by atoms with van der Waals surface area (Å²) in [5.74, 6) is 2.47. The fraction of sp³-hybridized carbons (Fsp3) is 0.647. The molecule has 1 heterocycles. The van der Waals surface area contributed by atoms with E-state index in [9.17, 15) is 0 Å². The molecule has 21 heavy (non-hydrogen) atoms. The van der Waals surface area contributed by atoms with Crippen LogP contribution in [0.2, 0.25) is 0 Å². The lowest BCUT2D eigenvalue weighted by Crippen LogP contribution is -2.29. The molecule has 2 atom stereocenters. The minimum absolute atomic E-state index is 0.597. The second-order valence-electron chi connectivity index (χ2n) is 5.87. The Kier molecular flexibility index (Phi) is 5.74. The molecule has 0 spiro atoms. The van der Waals surface area contributed by atoms with Crippen LogP contribution in [0.3, 0.4) is 0 Å². The number of nitrogens with zero attached hydrogens (tertiary/aromatic N) is 1. The van der Waals surface area contributed by atoms with Crippen LogP contribution in [0.1, 0.15) is 26.7 Å². The highest BCUT2D eigenvalue weighted by molar-refractivity contribution is 5.56. The minimum atomic E-state index is 0.597. The first-order chi connectivity index (χ1) is 10.2. The topological polar surface area (TPSA) is 33.7 Å². The van der Waals surface area contributed by atoms with E-state index in [-0.39, 0.29) is 0 Å². The lowest BCUT2D eigenvalue weighted by molar-refractivity contribution is 0.394. The van der Waals surface area contributed by atoms with Gasteiger partial charge in [0.1, 0.15) is 11.5 Å². The largest absolute Gasteiger partial charge is 0.497 e. The van der Waals surface area contributed by atoms with Gasteiger partial charge in [-0.25, -0.2) is 0 Å². The van der Waals surface area contributed by atoms with E-state index in [1.54, 1.807) is 14.2 Å². The van der Waals surface area contributed by atoms with Crippen LogP contribution in [0, 0.1) is 5.92 Å². The molecular weight excluding hydrogens is 264 g/mol. The van der Waals surface area contributed by atoms with Crippen LogP contribution in [0.15, 0.2) is 18.2 Å². The Hall–Kier alpha value is -1.42. The zero-order chi connectivity index (χ0) is 15.2. The Bertz CT molecular complexity index is 428. The van der Waals surface area contributed by atoms with Gasteiger partial charge >= 0.3 is 0 Å². The average molecular weight is 292 g/mol. The summed E-state index contributed by atoms with van der Waals surface area (Å²) in [6, 6.07) is 6.71. The quantitative estimate of drug-likeness (QED) is 0.838. The second kappa shape index (κ2) is 7.55. The summed E-state index contributed by atoms with van der Waals surface area (Å²) >= 11 is 0. The monoisotopic (exact) mass is 292 g/mol. The van der Waals surface area contributed by atoms with Crippen LogP contribution in [-0.2, 0) is 0 Å². The Morgan fingerprint density at radius 1 is 1.24 bits per heavy atom. The van der Waals surface area contributed by atoms with Gasteiger partial charge in [-0.15, -0.1) is 0 Å². The van der Waals surface area contributed by atoms with E-state index in [2.05, 4.69) is 36.2 Å². The molecule has 1 aromatic rings. The van der Waals surface area contributed by atoms with Gasteiger partial charge in [-0.2, -0.15) is 0 Å². The number of nitrogens with one attached hydrogen (secondary N) is 1. The van der Waals surface area contributed by atoms with E-state index < -0.39 is 0 Å². The van der Waals surface area contributed by atoms with Crippen molar-refractivity contribution in [1.82, 2.24) is 5.32 Å². The third-order valence-corrected chi connectivity index (χ3v) is 4.23. The van der Waals surface area contributed by atoms with Crippen LogP contribution in [0.4, 0.5) is 5.69 Å². The maximum atomic E-state index is 5.36. The molecule has 1 saturated heterocycles. The van der Waals surface area contributed by atoms with Crippen molar-refractivity contribution >= 4 is 5.69 Å². The maximum absolute atomic E-state index is 5.36. The smallest absolute Gasteiger partial charge is 0.124 e. The highest BCUT2D eigenvalue weighted by Gasteiger charge is 2.24. The van der Waals surface area contributed by atoms with Crippen LogP contribution in [0.5, 0.6) is 11.5 Å². The van der Waals surface area contributed by atoms with Crippen molar-refractivity contribution in [2.75, 3.05) is 38.8 Å². The maximum Gasteiger partial charge on any atom is 0.124 e. The van der Waals surface area contributed by atoms with Crippen LogP contribution >= 0.6 is 0 Å². The summed E-state index contributed by atoms with van der Waals surface area (Å²) in [5, 5.41) is 3.50. The lowest BCUT2D eigenvalue weighted by atomic mass is 10.0. The summed E-state index contributed by atoms with van der Waals surface area (Å²) in [6.07, 6.45) is 2.50. The van der Waals surface area contributed by atoms with Crippen molar-refractivity contribution in [3.63, 3.8) is 0 Å². The van der Waals surface area contributed by atoms with Crippen molar-refractivity contribution in [1.29, 1.82) is 0 Å². The number of anilines is 1. The molecule has 0 aromatic heterocycles. The van der Waals surface area contributed by atoms with E-state index in [1.165, 1.54) is 18.5 Å². The first-order valence-electron chi connectivity index (χ1n) is 7.87. The molecule has 2 unspecified atom stereocenters. The van der Waals surface area contributed by atoms with E-state index in [1.807, 2.05) is 6.07 Å². The van der Waals surface area contributed by atoms with Crippen molar-refractivity contribution in [3.8, 4) is 11.5 Å². The molecule has 2 rings (SSSR count). The summed E-state index contributed by atoms with van der Waals surface area (Å²) in [7, 11) is 3.40. The third kappa shape index (κ3) is 4.27. The van der Waals surface area contributed by atoms with Crippen molar-refractivity contribution in [3.05, 3.63) is 18.2 Å². The standard InChI is InChI=1S/C17H28N2O2/c1-5-18-13(2)8-14-6-7-19(12-14)15-9-16(20-3)11-17(10-15)21-4/h9-11,13-14,18H,5-8,12H2,1-4H3. The molecule has 4 heteroatoms. The number of rotatable bonds is 7. The number of ether oxygens (including phenoxy) is 2. The van der Waals surface area contributed by atoms with Crippen LogP contribution < -0.4 is 19.7 Å². The lowest BCUT2D eigenvalue weighted by Gasteiger charge is -2.21. The van der Waals surface area contributed by atoms with Gasteiger partial charge in [0.25, 0.3) is 0 Å². The molecule has 0 amide bonds. The Balaban J connectivity index is 2.00. The second-order valence-corrected chi connectivity index (χ2v) is 5.87. The minimum Gasteiger partial charge on any atom is -0.497 e. The van der Waals surface area contributed by atoms with Crippen molar-refractivity contribution in [2.45, 2.75) is 32.7 Å². The normalized spacial score (nSPS) is 19.6. The molecule has 118 valence electrons. The van der Waals surface area contributed by atoms with Gasteiger partial charge in [-0.1, -0.05) is 6.92 Å². The SMILES string of the molecule is CCNC(C)CC1CCN(c2cc(OC)cc(OC)c2)C1. The Morgan fingerprint density at radius 3 is 2.48 bits per heavy atom. The highest BCUT2D eigenvalue weighted by atomic mass is 16.5. The van der Waals surface area contributed by atoms with E-state index in [0.29, 0.717) is 6.04 Å². The summed E-state index contributed by atoms with van der Waals surface area (Å²) in [5.41, 5.74) is 1.20. The predicted octanol–water partition coefficient (Wildman–Crippen LogP) is 2.92. The molecule has 0 saturated carbocycles. The van der Waals surface area contributed by atoms with E-state index in [4.69, 9.17) is 9.47 Å². The third-order valence-electron chi connectivity index (χ3n) is 4.23. The molecule has 1 aromatic carbocycles. The molecule has 0 aliphatic carbocycles. The van der Waals surface area contributed by atoms with Gasteiger partial charge in [0.15, 0.2) is 0 Å². The molecule has 4 nitrogen and oxygen atoms in total. The van der Waals surface area contributed by atoms with Crippen molar-refractivity contribution < 1.29 is 9.47 Å². The summed E-state index contributed by atoms with van der Waals surface area (Å²) in [4.78, 5) is 2.44. The van der Waals surface area contributed by atoms with E-state index in [0.717, 1.165) is 37.1 Å². The molecule has 1 N–H and O–H groups in total. The Morgan fingerprint density at radius 2 is 1.90 bits per heavy atom. The molecule has 0 bridgehead atoms. The molecule has 1 aliphatic rings. The molecule has 0 radical (unpaired) electrons. The van der Waals surface area contributed by atoms with Gasteiger partial charge in [0.2, 0.25) is 0 Å². The van der Waals surface area contributed by atoms with Crippen molar-refractivity contribution in [2.24, 2.45) is 5.92 Å². The highest BCUT2D eigenvalue weighted by Crippen LogP contribution is 2.32. The summed E-state index contributed by atoms with van der Waals surface area (Å²) < 4.78 is 10.7. The Labute approximate surface area is 128 Å². The van der Waals surface area contributed by atoms with E-state index >= 15 is 0 Å². The van der Waals surface area contributed by atoms with Gasteiger partial charge in [0.05, 0.1) is 14.2 Å². The zero-order valence-electron chi connectivity index (χ0n) is 13.7. The molecular formula is C17H28N2O2. The zero-order valence-corrected chi connectivity index (χ0v) is 13.7. The van der Waals surface area contributed by atoms with Crippen LogP contribution in [-0.4, -0.2) is 39.9 Å². The molecule has 1 aliphatic heterocycles. The molecule has 1 fully saturated rings. The first kappa shape index (κ1) is 16.0. The fourth-order valence-corrected chi connectivity index (χ4v) is 3.17. The van der Waals surface area contributed by atoms with Gasteiger partial charge < -0.3 is 19.7 Å². The summed E-state index contributed by atoms with van der Waals surface area (Å²) in [6.45, 7) is 7.72. The first-order valence-corrected chi connectivity index (χ1v) is 7.87. The number of benzene rings is 1. The van der Waals surface area contributed by atoms with Crippen LogP contribution in [0.25, 0.3) is 0 Å². The van der Waals surface area contributed by atoms with Gasteiger partial charge in [-0.05, 0) is 32.2 Å².